The highest BCUT2D eigenvalue weighted by atomic mass is 32.1. The Kier molecular flexibility index (Phi) is 2.00. The Balaban J connectivity index is 2.93. The Labute approximate surface area is 83.6 Å². The molecule has 0 unspecified atom stereocenters. The third kappa shape index (κ3) is 1.19. The van der Waals surface area contributed by atoms with E-state index in [9.17, 15) is 9.18 Å². The van der Waals surface area contributed by atoms with E-state index in [2.05, 4.69) is 4.98 Å². The molecule has 6 heteroatoms. The van der Waals surface area contributed by atoms with Crippen molar-refractivity contribution in [3.8, 4) is 0 Å². The molecule has 0 bridgehead atoms. The second-order valence-corrected chi connectivity index (χ2v) is 3.55. The van der Waals surface area contributed by atoms with Gasteiger partial charge in [-0.05, 0) is 6.07 Å². The number of aromatic carboxylic acids is 1. The fraction of sp³-hybridized carbons (Fsp3) is 0. The van der Waals surface area contributed by atoms with E-state index in [-0.39, 0.29) is 11.0 Å². The summed E-state index contributed by atoms with van der Waals surface area (Å²) in [7, 11) is 5.32. The average molecular weight is 207 g/mol. The first-order valence-electron chi connectivity index (χ1n) is 3.65. The van der Waals surface area contributed by atoms with Crippen LogP contribution in [0, 0.1) is 5.82 Å². The van der Waals surface area contributed by atoms with Gasteiger partial charge in [-0.25, -0.2) is 14.2 Å². The summed E-state index contributed by atoms with van der Waals surface area (Å²) in [6.45, 7) is 0. The van der Waals surface area contributed by atoms with E-state index in [4.69, 9.17) is 13.0 Å². The lowest BCUT2D eigenvalue weighted by Crippen LogP contribution is -2.15. The highest BCUT2D eigenvalue weighted by molar-refractivity contribution is 7.16. The molecular formula is C8H3BFNO2S. The van der Waals surface area contributed by atoms with Gasteiger partial charge in [-0.2, -0.15) is 0 Å². The highest BCUT2D eigenvalue weighted by Gasteiger charge is 2.18. The van der Waals surface area contributed by atoms with Crippen LogP contribution in [0.5, 0.6) is 0 Å². The second kappa shape index (κ2) is 3.06. The van der Waals surface area contributed by atoms with Gasteiger partial charge in [-0.1, -0.05) is 5.46 Å². The van der Waals surface area contributed by atoms with Crippen LogP contribution < -0.4 is 5.46 Å². The number of nitrogens with zero attached hydrogens (tertiary/aromatic N) is 1. The number of hydrogen-bond acceptors (Lipinski definition) is 3. The summed E-state index contributed by atoms with van der Waals surface area (Å²) in [4.78, 5) is 14.5. The Morgan fingerprint density at radius 2 is 2.36 bits per heavy atom. The molecule has 0 amide bonds. The summed E-state index contributed by atoms with van der Waals surface area (Å²) in [5, 5.41) is 8.78. The predicted octanol–water partition coefficient (Wildman–Crippen LogP) is 0.927. The third-order valence-electron chi connectivity index (χ3n) is 1.81. The lowest BCUT2D eigenvalue weighted by atomic mass is 9.93. The van der Waals surface area contributed by atoms with Crippen LogP contribution in [0.2, 0.25) is 0 Å². The van der Waals surface area contributed by atoms with E-state index in [0.29, 0.717) is 4.70 Å². The van der Waals surface area contributed by atoms with Crippen molar-refractivity contribution < 1.29 is 14.3 Å². The Hall–Kier alpha value is -1.43. The van der Waals surface area contributed by atoms with Gasteiger partial charge in [0.05, 0.1) is 15.7 Å². The number of carbonyl (C=O) groups is 1. The van der Waals surface area contributed by atoms with Crippen LogP contribution >= 0.6 is 11.3 Å². The molecule has 1 aromatic carbocycles. The minimum absolute atomic E-state index is 0.147. The van der Waals surface area contributed by atoms with Crippen LogP contribution in [0.4, 0.5) is 4.39 Å². The van der Waals surface area contributed by atoms with Crippen LogP contribution in [0.3, 0.4) is 0 Å². The minimum Gasteiger partial charge on any atom is -0.478 e. The van der Waals surface area contributed by atoms with E-state index in [1.54, 1.807) is 0 Å². The SMILES string of the molecule is [B]c1cc2scnc2c(C(=O)O)c1F. The smallest absolute Gasteiger partial charge is 0.340 e. The van der Waals surface area contributed by atoms with Gasteiger partial charge in [0.25, 0.3) is 0 Å². The van der Waals surface area contributed by atoms with Crippen LogP contribution in [-0.4, -0.2) is 23.9 Å². The summed E-state index contributed by atoms with van der Waals surface area (Å²) in [5.74, 6) is -2.28. The van der Waals surface area contributed by atoms with E-state index in [1.807, 2.05) is 0 Å². The lowest BCUT2D eigenvalue weighted by Gasteiger charge is -2.02. The van der Waals surface area contributed by atoms with Crippen molar-refractivity contribution in [1.29, 1.82) is 0 Å². The standard InChI is InChI=1S/C8H3BFNO2S/c9-3-1-4-7(11-2-14-4)5(6(3)10)8(12)13/h1-2H,(H,12,13). The van der Waals surface area contributed by atoms with Gasteiger partial charge in [0.1, 0.15) is 19.2 Å². The first-order chi connectivity index (χ1) is 6.61. The van der Waals surface area contributed by atoms with E-state index < -0.39 is 17.3 Å². The second-order valence-electron chi connectivity index (χ2n) is 2.66. The van der Waals surface area contributed by atoms with E-state index in [1.165, 1.54) is 22.9 Å². The molecule has 0 aliphatic rings. The predicted molar refractivity (Wildman–Crippen MR) is 51.9 cm³/mol. The van der Waals surface area contributed by atoms with Gasteiger partial charge in [0, 0.05) is 0 Å². The van der Waals surface area contributed by atoms with Crippen molar-refractivity contribution in [3.63, 3.8) is 0 Å². The van der Waals surface area contributed by atoms with Crippen molar-refractivity contribution in [1.82, 2.24) is 4.98 Å². The number of fused-ring (bicyclic) bond motifs is 1. The van der Waals surface area contributed by atoms with Crippen LogP contribution in [-0.2, 0) is 0 Å². The van der Waals surface area contributed by atoms with Gasteiger partial charge >= 0.3 is 5.97 Å². The van der Waals surface area contributed by atoms with Crippen molar-refractivity contribution in [2.75, 3.05) is 0 Å². The largest absolute Gasteiger partial charge is 0.478 e. The highest BCUT2D eigenvalue weighted by Crippen LogP contribution is 2.22. The first kappa shape index (κ1) is 9.14. The average Bonchev–Trinajstić information content (AvgIpc) is 2.52. The molecular weight excluding hydrogens is 204 g/mol. The molecule has 2 radical (unpaired) electrons. The molecule has 1 N–H and O–H groups in total. The third-order valence-corrected chi connectivity index (χ3v) is 2.58. The zero-order chi connectivity index (χ0) is 10.3. The fourth-order valence-corrected chi connectivity index (χ4v) is 1.93. The topological polar surface area (TPSA) is 50.2 Å². The molecule has 14 heavy (non-hydrogen) atoms. The molecule has 0 atom stereocenters. The molecule has 0 fully saturated rings. The van der Waals surface area contributed by atoms with Gasteiger partial charge in [0.2, 0.25) is 0 Å². The molecule has 2 aromatic rings. The van der Waals surface area contributed by atoms with Gasteiger partial charge in [0.15, 0.2) is 0 Å². The fourth-order valence-electron chi connectivity index (χ4n) is 1.19. The zero-order valence-corrected chi connectivity index (χ0v) is 7.64. The number of carboxylic acid groups (broad SMARTS) is 1. The molecule has 0 saturated carbocycles. The molecule has 0 saturated heterocycles. The maximum absolute atomic E-state index is 13.3. The number of thiazole rings is 1. The molecule has 0 aliphatic carbocycles. The number of halogens is 1. The maximum Gasteiger partial charge on any atom is 0.340 e. The maximum atomic E-state index is 13.3. The molecule has 1 heterocycles. The van der Waals surface area contributed by atoms with Crippen molar-refractivity contribution in [2.24, 2.45) is 0 Å². The number of rotatable bonds is 1. The number of aromatic nitrogens is 1. The Morgan fingerprint density at radius 1 is 1.64 bits per heavy atom. The van der Waals surface area contributed by atoms with Crippen molar-refractivity contribution in [2.45, 2.75) is 0 Å². The summed E-state index contributed by atoms with van der Waals surface area (Å²) < 4.78 is 13.9. The lowest BCUT2D eigenvalue weighted by molar-refractivity contribution is 0.0694. The van der Waals surface area contributed by atoms with Gasteiger partial charge < -0.3 is 5.11 Å². The molecule has 0 spiro atoms. The zero-order valence-electron chi connectivity index (χ0n) is 6.82. The summed E-state index contributed by atoms with van der Waals surface area (Å²) >= 11 is 1.22. The Bertz CT molecular complexity index is 525. The van der Waals surface area contributed by atoms with Crippen LogP contribution in [0.15, 0.2) is 11.6 Å². The normalized spacial score (nSPS) is 10.6. The van der Waals surface area contributed by atoms with E-state index >= 15 is 0 Å². The van der Waals surface area contributed by atoms with E-state index in [0.717, 1.165) is 0 Å². The summed E-state index contributed by atoms with van der Waals surface area (Å²) in [5.41, 5.74) is 0.977. The molecule has 2 rings (SSSR count). The number of benzene rings is 1. The number of carboxylic acids is 1. The monoisotopic (exact) mass is 207 g/mol. The molecule has 68 valence electrons. The van der Waals surface area contributed by atoms with Crippen molar-refractivity contribution in [3.05, 3.63) is 23.0 Å². The summed E-state index contributed by atoms with van der Waals surface area (Å²) in [6.07, 6.45) is 0. The summed E-state index contributed by atoms with van der Waals surface area (Å²) in [6, 6.07) is 1.38. The van der Waals surface area contributed by atoms with Gasteiger partial charge in [-0.15, -0.1) is 11.3 Å². The Morgan fingerprint density at radius 3 is 3.00 bits per heavy atom. The first-order valence-corrected chi connectivity index (χ1v) is 4.53. The van der Waals surface area contributed by atoms with Crippen LogP contribution in [0.1, 0.15) is 10.4 Å². The minimum atomic E-state index is -1.36. The van der Waals surface area contributed by atoms with Crippen LogP contribution in [0.25, 0.3) is 10.2 Å². The molecule has 1 aromatic heterocycles. The molecule has 3 nitrogen and oxygen atoms in total. The molecule has 0 aliphatic heterocycles. The van der Waals surface area contributed by atoms with Crippen molar-refractivity contribution >= 4 is 40.8 Å². The number of hydrogen-bond donors (Lipinski definition) is 1. The quantitative estimate of drug-likeness (QED) is 0.707. The van der Waals surface area contributed by atoms with Gasteiger partial charge in [-0.3, -0.25) is 0 Å².